The summed E-state index contributed by atoms with van der Waals surface area (Å²) < 4.78 is 70.3. The Labute approximate surface area is 226 Å². The molecule has 1 fully saturated rings. The third kappa shape index (κ3) is 9.03. The van der Waals surface area contributed by atoms with E-state index >= 15 is 0 Å². The smallest absolute Gasteiger partial charge is 0.218 e. The Hall–Kier alpha value is -2.02. The van der Waals surface area contributed by atoms with Crippen molar-refractivity contribution >= 4 is 28.9 Å². The zero-order chi connectivity index (χ0) is 28.7. The van der Waals surface area contributed by atoms with Crippen molar-refractivity contribution in [3.05, 3.63) is 91.0 Å². The molecule has 0 bridgehead atoms. The zero-order valence-electron chi connectivity index (χ0n) is 21.2. The molecule has 38 heavy (non-hydrogen) atoms. The van der Waals surface area contributed by atoms with Gasteiger partial charge in [-0.1, -0.05) is 54.6 Å². The predicted octanol–water partition coefficient (Wildman–Crippen LogP) is -6.51. The highest BCUT2D eigenvalue weighted by Crippen LogP contribution is 2.66. The van der Waals surface area contributed by atoms with Crippen LogP contribution in [0.2, 0.25) is 0 Å². The van der Waals surface area contributed by atoms with E-state index in [1.807, 2.05) is 0 Å². The zero-order valence-corrected chi connectivity index (χ0v) is 23.6. The first-order valence-electron chi connectivity index (χ1n) is 11.1. The first-order valence-corrected chi connectivity index (χ1v) is 15.4. The van der Waals surface area contributed by atoms with Crippen LogP contribution in [-0.4, -0.2) is 55.1 Å². The Morgan fingerprint density at radius 3 is 1.03 bits per heavy atom. The van der Waals surface area contributed by atoms with Crippen LogP contribution in [0.15, 0.2) is 91.0 Å². The van der Waals surface area contributed by atoms with E-state index in [4.69, 9.17) is 37.3 Å². The molecule has 0 amide bonds. The molecule has 1 aliphatic carbocycles. The van der Waals surface area contributed by atoms with Crippen LogP contribution in [-0.2, 0) is 0 Å². The molecule has 206 valence electrons. The summed E-state index contributed by atoms with van der Waals surface area (Å²) in [6.45, 7) is 0. The third-order valence-corrected chi connectivity index (χ3v) is 10.5. The van der Waals surface area contributed by atoms with E-state index in [1.165, 1.54) is 21.6 Å². The summed E-state index contributed by atoms with van der Waals surface area (Å²) in [7, 11) is -2.93. The Balaban J connectivity index is 0.000000435. The van der Waals surface area contributed by atoms with Gasteiger partial charge >= 0.3 is 0 Å². The molecule has 0 N–H and O–H groups in total. The Morgan fingerprint density at radius 1 is 0.579 bits per heavy atom. The van der Waals surface area contributed by atoms with Crippen LogP contribution in [0.1, 0.15) is 0 Å². The predicted molar refractivity (Wildman–Crippen MR) is 124 cm³/mol. The second-order valence-corrected chi connectivity index (χ2v) is 13.7. The first-order chi connectivity index (χ1) is 17.6. The van der Waals surface area contributed by atoms with Crippen molar-refractivity contribution in [1.82, 2.24) is 4.90 Å². The Morgan fingerprint density at radius 2 is 0.842 bits per heavy atom. The van der Waals surface area contributed by atoms with Gasteiger partial charge in [0.2, 0.25) is 5.71 Å². The number of benzene rings is 3. The molecular formula is C25H29Cl2N2O8P. The highest BCUT2D eigenvalue weighted by Gasteiger charge is 2.73. The van der Waals surface area contributed by atoms with Gasteiger partial charge in [0.1, 0.15) is 43.3 Å². The van der Waals surface area contributed by atoms with Gasteiger partial charge in [-0.15, -0.1) is 20.5 Å². The van der Waals surface area contributed by atoms with E-state index < -0.39 is 27.7 Å². The lowest BCUT2D eigenvalue weighted by Gasteiger charge is -2.27. The average Bonchev–Trinajstić information content (AvgIpc) is 3.57. The lowest BCUT2D eigenvalue weighted by Crippen LogP contribution is -2.68. The molecule has 0 spiro atoms. The molecule has 10 nitrogen and oxygen atoms in total. The van der Waals surface area contributed by atoms with Crippen LogP contribution in [0, 0.1) is 20.5 Å². The molecule has 4 rings (SSSR count). The fourth-order valence-electron chi connectivity index (χ4n) is 4.63. The number of hydrogen-bond acceptors (Lipinski definition) is 9. The van der Waals surface area contributed by atoms with Crippen LogP contribution < -0.4 is 53.2 Å². The van der Waals surface area contributed by atoms with Gasteiger partial charge in [0.05, 0.1) is 0 Å². The molecule has 0 aliphatic heterocycles. The number of rotatable bonds is 5. The summed E-state index contributed by atoms with van der Waals surface area (Å²) in [6.07, 6.45) is 0. The van der Waals surface area contributed by atoms with Crippen LogP contribution in [0.3, 0.4) is 0 Å². The quantitative estimate of drug-likeness (QED) is 0.206. The van der Waals surface area contributed by atoms with Crippen molar-refractivity contribution in [2.45, 2.75) is 11.7 Å². The maximum absolute atomic E-state index is 8.49. The van der Waals surface area contributed by atoms with Gasteiger partial charge in [0.25, 0.3) is 0 Å². The standard InChI is InChI=1S/C25H29N2P.2ClHO4/c1-26(2)23-24(27(3)4)25(23)28(20-14-8-5-9-15-20,21-16-10-6-11-17-21)22-18-12-7-13-19-22;2*2-1(3,4)5/h5-19,23,25H,1-4H3;2*(H,2,3,4,5)/q+2;;/p-2. The van der Waals surface area contributed by atoms with E-state index in [1.54, 1.807) is 0 Å². The van der Waals surface area contributed by atoms with Crippen molar-refractivity contribution < 1.29 is 62.3 Å². The van der Waals surface area contributed by atoms with Gasteiger partial charge < -0.3 is 0 Å². The van der Waals surface area contributed by atoms with E-state index in [9.17, 15) is 0 Å². The lowest BCUT2D eigenvalue weighted by atomic mass is 10.4. The van der Waals surface area contributed by atoms with Gasteiger partial charge in [-0.3, -0.25) is 4.90 Å². The van der Waals surface area contributed by atoms with Gasteiger partial charge in [-0.05, 0) is 50.5 Å². The van der Waals surface area contributed by atoms with Crippen molar-refractivity contribution in [2.24, 2.45) is 0 Å². The second kappa shape index (κ2) is 13.4. The minimum Gasteiger partial charge on any atom is -0.294 e. The molecule has 0 aromatic heterocycles. The summed E-state index contributed by atoms with van der Waals surface area (Å²) in [6, 6.07) is 34.0. The molecule has 2 atom stereocenters. The third-order valence-electron chi connectivity index (χ3n) is 5.78. The summed E-state index contributed by atoms with van der Waals surface area (Å²) in [5, 5.41) is 4.38. The number of hydrogen-bond donors (Lipinski definition) is 0. The average molecular weight is 587 g/mol. The van der Waals surface area contributed by atoms with E-state index in [0.717, 1.165) is 0 Å². The van der Waals surface area contributed by atoms with Crippen molar-refractivity contribution in [3.8, 4) is 0 Å². The minimum absolute atomic E-state index is 0.462. The maximum Gasteiger partial charge on any atom is 0.218 e. The molecule has 0 radical (unpaired) electrons. The first kappa shape index (κ1) is 32.2. The van der Waals surface area contributed by atoms with E-state index in [-0.39, 0.29) is 0 Å². The Kier molecular flexibility index (Phi) is 11.3. The summed E-state index contributed by atoms with van der Waals surface area (Å²) in [5.41, 5.74) is 2.03. The fourth-order valence-corrected chi connectivity index (χ4v) is 9.95. The molecule has 2 unspecified atom stereocenters. The number of nitrogens with zero attached hydrogens (tertiary/aromatic N) is 2. The van der Waals surface area contributed by atoms with Crippen LogP contribution >= 0.6 is 7.26 Å². The molecule has 1 aliphatic rings. The van der Waals surface area contributed by atoms with Gasteiger partial charge in [0, 0.05) is 0 Å². The molecule has 13 heteroatoms. The van der Waals surface area contributed by atoms with Crippen molar-refractivity contribution in [3.63, 3.8) is 0 Å². The summed E-state index contributed by atoms with van der Waals surface area (Å²) in [5.74, 6) is 0. The van der Waals surface area contributed by atoms with Gasteiger partial charge in [-0.2, -0.15) is 0 Å². The SMILES string of the molecule is CN(C)C1C(=[N+](C)C)C1[P+](c1ccccc1)(c1ccccc1)c1ccccc1.[O-][Cl+3]([O-])([O-])[O-].[O-][Cl+3]([O-])([O-])[O-]. The fraction of sp³-hybridized carbons (Fsp3) is 0.240. The topological polar surface area (TPSA) is 191 Å². The molecule has 3 aromatic carbocycles. The van der Waals surface area contributed by atoms with Crippen LogP contribution in [0.25, 0.3) is 0 Å². The number of halogens is 2. The van der Waals surface area contributed by atoms with E-state index in [0.29, 0.717) is 11.7 Å². The van der Waals surface area contributed by atoms with Gasteiger partial charge in [0.15, 0.2) is 5.66 Å². The lowest BCUT2D eigenvalue weighted by molar-refractivity contribution is -2.00. The van der Waals surface area contributed by atoms with Gasteiger partial charge in [-0.25, -0.2) is 41.8 Å². The highest BCUT2D eigenvalue weighted by molar-refractivity contribution is 7.97. The van der Waals surface area contributed by atoms with Crippen LogP contribution in [0.4, 0.5) is 0 Å². The highest BCUT2D eigenvalue weighted by atomic mass is 35.7. The molecule has 3 aromatic rings. The summed E-state index contributed by atoms with van der Waals surface area (Å²) in [4.78, 5) is 2.39. The van der Waals surface area contributed by atoms with Crippen molar-refractivity contribution in [2.75, 3.05) is 28.2 Å². The molecular weight excluding hydrogens is 558 g/mol. The maximum atomic E-state index is 8.49. The van der Waals surface area contributed by atoms with Crippen molar-refractivity contribution in [1.29, 1.82) is 0 Å². The van der Waals surface area contributed by atoms with E-state index in [2.05, 4.69) is 129 Å². The summed E-state index contributed by atoms with van der Waals surface area (Å²) >= 11 is 0. The monoisotopic (exact) mass is 586 g/mol. The Bertz CT molecular complexity index is 1050. The molecule has 0 saturated heterocycles. The molecule has 0 heterocycles. The van der Waals surface area contributed by atoms with Crippen LogP contribution in [0.5, 0.6) is 0 Å². The minimum atomic E-state index is -4.94. The second-order valence-electron chi connectivity index (χ2n) is 8.66. The molecule has 1 saturated carbocycles. The normalized spacial score (nSPS) is 17.1. The largest absolute Gasteiger partial charge is 0.294 e.